The summed E-state index contributed by atoms with van der Waals surface area (Å²) in [4.78, 5) is 7.93. The minimum Gasteiger partial charge on any atom is -0.359 e. The molecule has 6 aromatic rings. The van der Waals surface area contributed by atoms with E-state index in [-0.39, 0.29) is 5.41 Å². The molecule has 0 saturated carbocycles. The Morgan fingerprint density at radius 2 is 1.36 bits per heavy atom. The van der Waals surface area contributed by atoms with Crippen LogP contribution in [-0.2, 0) is 42.7 Å². The fourth-order valence-corrected chi connectivity index (χ4v) is 8.77. The van der Waals surface area contributed by atoms with Gasteiger partial charge in [-0.1, -0.05) is 150 Å². The lowest BCUT2D eigenvalue weighted by Gasteiger charge is -2.38. The van der Waals surface area contributed by atoms with E-state index in [2.05, 4.69) is 176 Å². The highest BCUT2D eigenvalue weighted by Gasteiger charge is 2.40. The molecule has 0 amide bonds. The van der Waals surface area contributed by atoms with Crippen molar-refractivity contribution in [2.75, 3.05) is 18.1 Å². The third-order valence-electron chi connectivity index (χ3n) is 11.4. The lowest BCUT2D eigenvalue weighted by atomic mass is 9.76. The van der Waals surface area contributed by atoms with E-state index in [0.29, 0.717) is 6.73 Å². The third kappa shape index (κ3) is 8.58. The van der Waals surface area contributed by atoms with Gasteiger partial charge in [-0.3, -0.25) is 0 Å². The molecule has 7 heteroatoms. The zero-order valence-corrected chi connectivity index (χ0v) is 34.8. The molecule has 0 N–H and O–H groups in total. The van der Waals surface area contributed by atoms with Crippen molar-refractivity contribution in [1.29, 1.82) is 0 Å². The number of hydrogen-bond acceptors (Lipinski definition) is 4. The molecule has 7 rings (SSSR count). The zero-order valence-electron chi connectivity index (χ0n) is 33.8. The summed E-state index contributed by atoms with van der Waals surface area (Å²) >= 11 is 0. The van der Waals surface area contributed by atoms with Gasteiger partial charge in [-0.15, -0.1) is 0 Å². The first-order valence-electron chi connectivity index (χ1n) is 20.3. The van der Waals surface area contributed by atoms with Crippen LogP contribution >= 0.6 is 0 Å². The number of anilines is 2. The molecular formula is C48H59N5OSi. The quantitative estimate of drug-likeness (QED) is 0.0562. The molecule has 0 fully saturated rings. The van der Waals surface area contributed by atoms with Crippen molar-refractivity contribution in [3.63, 3.8) is 0 Å². The van der Waals surface area contributed by atoms with Crippen molar-refractivity contribution < 1.29 is 4.74 Å². The van der Waals surface area contributed by atoms with Crippen LogP contribution in [-0.4, -0.2) is 40.6 Å². The molecule has 0 radical (unpaired) electrons. The molecule has 4 aromatic carbocycles. The molecule has 0 aliphatic carbocycles. The minimum atomic E-state index is -1.15. The van der Waals surface area contributed by atoms with Crippen LogP contribution in [0.25, 0.3) is 0 Å². The second-order valence-electron chi connectivity index (χ2n) is 17.3. The molecule has 0 spiro atoms. The number of ether oxygens (including phenoxy) is 1. The van der Waals surface area contributed by atoms with Crippen LogP contribution in [0.4, 0.5) is 11.5 Å². The number of imidazole rings is 1. The molecule has 1 aliphatic heterocycles. The van der Waals surface area contributed by atoms with Crippen molar-refractivity contribution in [3.05, 3.63) is 167 Å². The van der Waals surface area contributed by atoms with Gasteiger partial charge in [-0.25, -0.2) is 9.67 Å². The van der Waals surface area contributed by atoms with Crippen molar-refractivity contribution in [2.45, 2.75) is 97.3 Å². The third-order valence-corrected chi connectivity index (χ3v) is 13.1. The van der Waals surface area contributed by atoms with Crippen LogP contribution in [0.2, 0.25) is 25.7 Å². The van der Waals surface area contributed by atoms with E-state index in [1.807, 2.05) is 6.20 Å². The first-order valence-corrected chi connectivity index (χ1v) is 24.0. The van der Waals surface area contributed by atoms with Crippen LogP contribution in [0.15, 0.2) is 128 Å². The summed E-state index contributed by atoms with van der Waals surface area (Å²) < 4.78 is 10.7. The molecule has 6 nitrogen and oxygen atoms in total. The molecule has 286 valence electrons. The van der Waals surface area contributed by atoms with Crippen molar-refractivity contribution in [3.8, 4) is 0 Å². The first-order chi connectivity index (χ1) is 26.6. The second-order valence-corrected chi connectivity index (χ2v) is 22.9. The van der Waals surface area contributed by atoms with E-state index in [4.69, 9.17) is 14.8 Å². The Balaban J connectivity index is 1.21. The summed E-state index contributed by atoms with van der Waals surface area (Å²) in [6, 6.07) is 43.3. The monoisotopic (exact) mass is 749 g/mol. The fourth-order valence-electron chi connectivity index (χ4n) is 8.01. The number of aromatic nitrogens is 4. The summed E-state index contributed by atoms with van der Waals surface area (Å²) in [6.07, 6.45) is 10.3. The maximum atomic E-state index is 6.15. The van der Waals surface area contributed by atoms with Crippen molar-refractivity contribution in [2.24, 2.45) is 5.41 Å². The van der Waals surface area contributed by atoms with E-state index in [1.165, 1.54) is 39.3 Å². The van der Waals surface area contributed by atoms with Crippen molar-refractivity contribution in [1.82, 2.24) is 19.3 Å². The Bertz CT molecular complexity index is 2020. The largest absolute Gasteiger partial charge is 0.359 e. The molecule has 0 bridgehead atoms. The van der Waals surface area contributed by atoms with E-state index in [0.717, 1.165) is 69.2 Å². The number of fused-ring (bicyclic) bond motifs is 1. The number of benzene rings is 4. The second kappa shape index (κ2) is 16.6. The average Bonchev–Trinajstić information content (AvgIpc) is 3.81. The van der Waals surface area contributed by atoms with E-state index >= 15 is 0 Å². The number of aryl methyl sites for hydroxylation is 3. The van der Waals surface area contributed by atoms with Gasteiger partial charge in [0.25, 0.3) is 0 Å². The Hall–Kier alpha value is -4.72. The highest BCUT2D eigenvalue weighted by Crippen LogP contribution is 2.43. The van der Waals surface area contributed by atoms with Crippen LogP contribution in [0.5, 0.6) is 0 Å². The summed E-state index contributed by atoms with van der Waals surface area (Å²) in [5, 5.41) is 4.76. The van der Waals surface area contributed by atoms with E-state index < -0.39 is 13.6 Å². The topological polar surface area (TPSA) is 48.1 Å². The summed E-state index contributed by atoms with van der Waals surface area (Å²) in [5.41, 5.74) is 8.16. The van der Waals surface area contributed by atoms with Crippen LogP contribution in [0.1, 0.15) is 72.9 Å². The normalized spacial score (nSPS) is 13.6. The van der Waals surface area contributed by atoms with Gasteiger partial charge in [-0.2, -0.15) is 5.10 Å². The van der Waals surface area contributed by atoms with Gasteiger partial charge in [-0.05, 0) is 71.5 Å². The summed E-state index contributed by atoms with van der Waals surface area (Å²) in [6.45, 7) is 16.4. The maximum Gasteiger partial charge on any atom is 0.141 e. The molecule has 2 aromatic heterocycles. The molecule has 0 atom stereocenters. The predicted molar refractivity (Wildman–Crippen MR) is 230 cm³/mol. The minimum absolute atomic E-state index is 0.144. The smallest absolute Gasteiger partial charge is 0.141 e. The molecular weight excluding hydrogens is 691 g/mol. The Kier molecular flexibility index (Phi) is 11.6. The van der Waals surface area contributed by atoms with Gasteiger partial charge in [0.05, 0.1) is 11.9 Å². The van der Waals surface area contributed by atoms with Gasteiger partial charge in [0, 0.05) is 45.1 Å². The highest BCUT2D eigenvalue weighted by atomic mass is 28.3. The lowest BCUT2D eigenvalue weighted by Crippen LogP contribution is -2.38. The van der Waals surface area contributed by atoms with Gasteiger partial charge < -0.3 is 14.2 Å². The lowest BCUT2D eigenvalue weighted by molar-refractivity contribution is 0.0795. The zero-order chi connectivity index (χ0) is 38.5. The average molecular weight is 750 g/mol. The van der Waals surface area contributed by atoms with Crippen LogP contribution in [0, 0.1) is 5.41 Å². The van der Waals surface area contributed by atoms with Gasteiger partial charge in [0.15, 0.2) is 0 Å². The number of rotatable bonds is 16. The molecule has 0 unspecified atom stereocenters. The van der Waals surface area contributed by atoms with Crippen LogP contribution < -0.4 is 4.90 Å². The van der Waals surface area contributed by atoms with Gasteiger partial charge in [0.1, 0.15) is 23.9 Å². The number of nitrogens with zero attached hydrogens (tertiary/aromatic N) is 5. The van der Waals surface area contributed by atoms with E-state index in [1.54, 1.807) is 0 Å². The standard InChI is InChI=1S/C48H59N5OSi/c1-7-47(2,3)34-43-36-52(48(40-19-11-8-12-20-40,41-21-13-9-14-22-41)42-23-15-10-16-24-42)45(50-43)30-27-38-25-28-44(29-26-38)51-31-17-18-39-35-49-53(46(39)51)37-54-32-33-55(4,5)6/h8-16,19-26,28-29,35-36H,7,17-18,27,30-34,37H2,1-6H3. The maximum absolute atomic E-state index is 6.15. The van der Waals surface area contributed by atoms with Gasteiger partial charge in [0.2, 0.25) is 0 Å². The van der Waals surface area contributed by atoms with Crippen LogP contribution in [0.3, 0.4) is 0 Å². The Morgan fingerprint density at radius 1 is 0.764 bits per heavy atom. The highest BCUT2D eigenvalue weighted by molar-refractivity contribution is 6.76. The summed E-state index contributed by atoms with van der Waals surface area (Å²) in [7, 11) is -1.15. The fraction of sp³-hybridized carbons (Fsp3) is 0.375. The molecule has 0 saturated heterocycles. The number of hydrogen-bond donors (Lipinski definition) is 0. The Labute approximate surface area is 330 Å². The molecule has 3 heterocycles. The summed E-state index contributed by atoms with van der Waals surface area (Å²) in [5.74, 6) is 2.27. The molecule has 1 aliphatic rings. The van der Waals surface area contributed by atoms with Gasteiger partial charge >= 0.3 is 0 Å². The Morgan fingerprint density at radius 3 is 1.93 bits per heavy atom. The predicted octanol–water partition coefficient (Wildman–Crippen LogP) is 11.1. The first kappa shape index (κ1) is 38.5. The molecule has 55 heavy (non-hydrogen) atoms. The van der Waals surface area contributed by atoms with E-state index in [9.17, 15) is 0 Å². The van der Waals surface area contributed by atoms with Crippen molar-refractivity contribution >= 4 is 19.6 Å². The SMILES string of the molecule is CCC(C)(C)Cc1cn(C(c2ccccc2)(c2ccccc2)c2ccccc2)c(CCc2ccc(N3CCCc4cnn(COCC[Si](C)(C)C)c43)cc2)n1.